The molecule has 1 aliphatic rings. The third-order valence-corrected chi connectivity index (χ3v) is 4.42. The maximum Gasteiger partial charge on any atom is 0.235 e. The molecule has 1 aliphatic heterocycles. The number of aliphatic imine (C=N–C) groups is 1. The zero-order valence-electron chi connectivity index (χ0n) is 12.4. The minimum absolute atomic E-state index is 0.603. The van der Waals surface area contributed by atoms with Gasteiger partial charge in [0.25, 0.3) is 0 Å². The lowest BCUT2D eigenvalue weighted by molar-refractivity contribution is 0.346. The molecule has 0 spiro atoms. The van der Waals surface area contributed by atoms with E-state index in [-0.39, 0.29) is 0 Å². The molecule has 0 saturated carbocycles. The van der Waals surface area contributed by atoms with Crippen molar-refractivity contribution < 1.29 is 4.74 Å². The second kappa shape index (κ2) is 5.55. The summed E-state index contributed by atoms with van der Waals surface area (Å²) in [7, 11) is 1.90. The van der Waals surface area contributed by atoms with Gasteiger partial charge in [-0.15, -0.1) is 0 Å². The Morgan fingerprint density at radius 2 is 2.00 bits per heavy atom. The van der Waals surface area contributed by atoms with Crippen LogP contribution in [0.4, 0.5) is 0 Å². The molecule has 1 aromatic heterocycles. The average molecular weight is 346 g/mol. The monoisotopic (exact) mass is 345 g/mol. The van der Waals surface area contributed by atoms with Gasteiger partial charge in [-0.3, -0.25) is 4.68 Å². The number of aryl methyl sites for hydroxylation is 1. The summed E-state index contributed by atoms with van der Waals surface area (Å²) >= 11 is 12.4. The van der Waals surface area contributed by atoms with E-state index in [1.54, 1.807) is 6.07 Å². The molecule has 6 heteroatoms. The Kier molecular flexibility index (Phi) is 3.51. The van der Waals surface area contributed by atoms with E-state index in [4.69, 9.17) is 27.9 Å². The van der Waals surface area contributed by atoms with Crippen LogP contribution in [0.25, 0.3) is 22.0 Å². The van der Waals surface area contributed by atoms with Crippen molar-refractivity contribution in [3.05, 3.63) is 52.1 Å². The van der Waals surface area contributed by atoms with Crippen LogP contribution in [0, 0.1) is 0 Å². The molecule has 0 bridgehead atoms. The molecule has 0 N–H and O–H groups in total. The predicted octanol–water partition coefficient (Wildman–Crippen LogP) is 4.32. The van der Waals surface area contributed by atoms with Crippen LogP contribution in [0.5, 0.6) is 0 Å². The molecule has 0 aliphatic carbocycles. The molecule has 0 amide bonds. The van der Waals surface area contributed by atoms with Crippen molar-refractivity contribution in [2.45, 2.75) is 0 Å². The number of benzene rings is 2. The van der Waals surface area contributed by atoms with Gasteiger partial charge in [0.1, 0.15) is 17.8 Å². The fourth-order valence-corrected chi connectivity index (χ4v) is 3.38. The van der Waals surface area contributed by atoms with E-state index < -0.39 is 0 Å². The Morgan fingerprint density at radius 3 is 2.74 bits per heavy atom. The first kappa shape index (κ1) is 14.5. The zero-order chi connectivity index (χ0) is 16.0. The topological polar surface area (TPSA) is 39.4 Å². The number of aromatic nitrogens is 2. The predicted molar refractivity (Wildman–Crippen MR) is 93.5 cm³/mol. The molecule has 4 rings (SSSR count). The van der Waals surface area contributed by atoms with E-state index in [2.05, 4.69) is 10.1 Å². The maximum atomic E-state index is 6.37. The molecular weight excluding hydrogens is 333 g/mol. The maximum absolute atomic E-state index is 6.37. The third-order valence-electron chi connectivity index (χ3n) is 3.87. The van der Waals surface area contributed by atoms with Gasteiger partial charge in [-0.05, 0) is 12.1 Å². The van der Waals surface area contributed by atoms with Crippen molar-refractivity contribution in [1.82, 2.24) is 9.78 Å². The molecule has 0 atom stereocenters. The van der Waals surface area contributed by atoms with Crippen LogP contribution >= 0.6 is 23.2 Å². The molecule has 116 valence electrons. The van der Waals surface area contributed by atoms with E-state index >= 15 is 0 Å². The molecule has 2 heterocycles. The summed E-state index contributed by atoms with van der Waals surface area (Å²) in [5, 5.41) is 6.87. The first-order valence-corrected chi connectivity index (χ1v) is 7.99. The molecular formula is C17H13Cl2N3O. The summed E-state index contributed by atoms with van der Waals surface area (Å²) in [5.74, 6) is 0.648. The number of fused-ring (bicyclic) bond motifs is 1. The number of nitrogens with zero attached hydrogens (tertiary/aromatic N) is 3. The van der Waals surface area contributed by atoms with Crippen LogP contribution in [0.15, 0.2) is 41.4 Å². The number of hydrogen-bond acceptors (Lipinski definition) is 3. The van der Waals surface area contributed by atoms with E-state index in [0.717, 1.165) is 27.7 Å². The summed E-state index contributed by atoms with van der Waals surface area (Å²) < 4.78 is 7.42. The van der Waals surface area contributed by atoms with Crippen molar-refractivity contribution >= 4 is 40.0 Å². The lowest BCUT2D eigenvalue weighted by Crippen LogP contribution is -2.08. The van der Waals surface area contributed by atoms with Gasteiger partial charge in [-0.2, -0.15) is 5.10 Å². The first-order valence-electron chi connectivity index (χ1n) is 7.24. The Hall–Kier alpha value is -2.04. The van der Waals surface area contributed by atoms with E-state index in [0.29, 0.717) is 29.1 Å². The summed E-state index contributed by atoms with van der Waals surface area (Å²) in [6.07, 6.45) is 0. The molecule has 2 aromatic carbocycles. The minimum Gasteiger partial charge on any atom is -0.474 e. The van der Waals surface area contributed by atoms with Crippen LogP contribution in [0.2, 0.25) is 10.0 Å². The van der Waals surface area contributed by atoms with E-state index in [9.17, 15) is 0 Å². The highest BCUT2D eigenvalue weighted by Crippen LogP contribution is 2.35. The molecule has 0 unspecified atom stereocenters. The number of hydrogen-bond donors (Lipinski definition) is 0. The van der Waals surface area contributed by atoms with Gasteiger partial charge in [0.05, 0.1) is 6.54 Å². The Morgan fingerprint density at radius 1 is 1.13 bits per heavy atom. The van der Waals surface area contributed by atoms with Gasteiger partial charge in [0.15, 0.2) is 0 Å². The summed E-state index contributed by atoms with van der Waals surface area (Å²) in [5.41, 5.74) is 3.63. The normalized spacial score (nSPS) is 14.1. The molecule has 0 radical (unpaired) electrons. The van der Waals surface area contributed by atoms with Gasteiger partial charge >= 0.3 is 0 Å². The highest BCUT2D eigenvalue weighted by Gasteiger charge is 2.21. The zero-order valence-corrected chi connectivity index (χ0v) is 13.9. The fourth-order valence-electron chi connectivity index (χ4n) is 2.87. The van der Waals surface area contributed by atoms with Gasteiger partial charge in [0.2, 0.25) is 5.90 Å². The van der Waals surface area contributed by atoms with Gasteiger partial charge < -0.3 is 4.74 Å². The lowest BCUT2D eigenvalue weighted by atomic mass is 10.0. The minimum atomic E-state index is 0.603. The van der Waals surface area contributed by atoms with Crippen molar-refractivity contribution in [3.8, 4) is 11.1 Å². The SMILES string of the molecule is Cn1nc2c(-c3ccc(Cl)cc3Cl)cccc2c1C1=NCCO1. The Labute approximate surface area is 143 Å². The Balaban J connectivity index is 1.97. The standard InChI is InChI=1S/C17H13Cl2N3O/c1-22-16(17-20-7-8-23-17)13-4-2-3-12(15(13)21-22)11-6-5-10(18)9-14(11)19/h2-6,9H,7-8H2,1H3. The highest BCUT2D eigenvalue weighted by molar-refractivity contribution is 6.36. The number of ether oxygens (including phenoxy) is 1. The molecule has 3 aromatic rings. The molecule has 0 fully saturated rings. The smallest absolute Gasteiger partial charge is 0.235 e. The number of rotatable bonds is 2. The van der Waals surface area contributed by atoms with Crippen molar-refractivity contribution in [3.63, 3.8) is 0 Å². The van der Waals surface area contributed by atoms with E-state index in [1.807, 2.05) is 42.1 Å². The van der Waals surface area contributed by atoms with Crippen LogP contribution in [-0.4, -0.2) is 28.8 Å². The molecule has 23 heavy (non-hydrogen) atoms. The highest BCUT2D eigenvalue weighted by atomic mass is 35.5. The summed E-state index contributed by atoms with van der Waals surface area (Å²) in [6, 6.07) is 11.5. The summed E-state index contributed by atoms with van der Waals surface area (Å²) in [4.78, 5) is 4.41. The van der Waals surface area contributed by atoms with Crippen LogP contribution in [0.1, 0.15) is 5.69 Å². The second-order valence-corrected chi connectivity index (χ2v) is 6.18. The number of halogens is 2. The van der Waals surface area contributed by atoms with Gasteiger partial charge in [-0.25, -0.2) is 4.99 Å². The van der Waals surface area contributed by atoms with Crippen LogP contribution < -0.4 is 0 Å². The Bertz CT molecular complexity index is 946. The average Bonchev–Trinajstić information content (AvgIpc) is 3.13. The molecule has 0 saturated heterocycles. The van der Waals surface area contributed by atoms with Crippen molar-refractivity contribution in [1.29, 1.82) is 0 Å². The van der Waals surface area contributed by atoms with Gasteiger partial charge in [-0.1, -0.05) is 47.5 Å². The third kappa shape index (κ3) is 2.38. The van der Waals surface area contributed by atoms with Gasteiger partial charge in [0, 0.05) is 33.6 Å². The van der Waals surface area contributed by atoms with Crippen LogP contribution in [0.3, 0.4) is 0 Å². The van der Waals surface area contributed by atoms with Crippen LogP contribution in [-0.2, 0) is 11.8 Å². The largest absolute Gasteiger partial charge is 0.474 e. The van der Waals surface area contributed by atoms with E-state index in [1.165, 1.54) is 0 Å². The first-order chi connectivity index (χ1) is 11.1. The quantitative estimate of drug-likeness (QED) is 0.693. The van der Waals surface area contributed by atoms with Crippen molar-refractivity contribution in [2.24, 2.45) is 12.0 Å². The summed E-state index contributed by atoms with van der Waals surface area (Å²) in [6.45, 7) is 1.30. The van der Waals surface area contributed by atoms with Crippen molar-refractivity contribution in [2.75, 3.05) is 13.2 Å². The molecule has 4 nitrogen and oxygen atoms in total. The fraction of sp³-hybridized carbons (Fsp3) is 0.176. The lowest BCUT2D eigenvalue weighted by Gasteiger charge is -2.06. The second-order valence-electron chi connectivity index (χ2n) is 5.33.